The Hall–Kier alpha value is -2.96. The lowest BCUT2D eigenvalue weighted by Crippen LogP contribution is -2.34. The minimum Gasteiger partial charge on any atom is -0.352 e. The monoisotopic (exact) mass is 476 g/mol. The Morgan fingerprint density at radius 2 is 1.41 bits per heavy atom. The van der Waals surface area contributed by atoms with Crippen LogP contribution in [0.15, 0.2) is 89.8 Å². The van der Waals surface area contributed by atoms with Gasteiger partial charge in [0.15, 0.2) is 9.84 Å². The van der Waals surface area contributed by atoms with Crippen LogP contribution in [-0.2, 0) is 22.1 Å². The average molecular weight is 477 g/mol. The molecule has 0 aliphatic carbocycles. The van der Waals surface area contributed by atoms with E-state index in [4.69, 9.17) is 0 Å². The number of nitrogens with zero attached hydrogens (tertiary/aromatic N) is 1. The zero-order chi connectivity index (χ0) is 23.8. The number of amides is 1. The first-order valence-corrected chi connectivity index (χ1v) is 13.6. The van der Waals surface area contributed by atoms with Crippen LogP contribution in [0.4, 0.5) is 0 Å². The SMILES string of the molecule is O=C(NCCC1CCN(Cc2ccccc2)CC1)c1ccc(S(=O)(=O)Cc2ccccc2)cc1. The highest BCUT2D eigenvalue weighted by molar-refractivity contribution is 7.90. The van der Waals surface area contributed by atoms with Crippen molar-refractivity contribution >= 4 is 15.7 Å². The van der Waals surface area contributed by atoms with E-state index < -0.39 is 9.84 Å². The Morgan fingerprint density at radius 1 is 0.824 bits per heavy atom. The van der Waals surface area contributed by atoms with Crippen LogP contribution in [-0.4, -0.2) is 38.9 Å². The highest BCUT2D eigenvalue weighted by Crippen LogP contribution is 2.22. The molecule has 0 aromatic heterocycles. The van der Waals surface area contributed by atoms with Crippen LogP contribution in [0.1, 0.15) is 40.7 Å². The molecule has 0 spiro atoms. The van der Waals surface area contributed by atoms with Crippen molar-refractivity contribution in [1.29, 1.82) is 0 Å². The van der Waals surface area contributed by atoms with E-state index in [2.05, 4.69) is 34.5 Å². The van der Waals surface area contributed by atoms with Crippen molar-refractivity contribution in [2.45, 2.75) is 36.5 Å². The van der Waals surface area contributed by atoms with Crippen LogP contribution < -0.4 is 5.32 Å². The van der Waals surface area contributed by atoms with E-state index in [0.717, 1.165) is 44.5 Å². The van der Waals surface area contributed by atoms with Gasteiger partial charge < -0.3 is 5.32 Å². The molecule has 6 heteroatoms. The van der Waals surface area contributed by atoms with Crippen LogP contribution in [0.25, 0.3) is 0 Å². The van der Waals surface area contributed by atoms with Crippen LogP contribution >= 0.6 is 0 Å². The molecule has 1 N–H and O–H groups in total. The van der Waals surface area contributed by atoms with Crippen molar-refractivity contribution < 1.29 is 13.2 Å². The van der Waals surface area contributed by atoms with E-state index in [1.165, 1.54) is 17.7 Å². The summed E-state index contributed by atoms with van der Waals surface area (Å²) in [6.45, 7) is 3.82. The zero-order valence-electron chi connectivity index (χ0n) is 19.4. The Labute approximate surface area is 202 Å². The number of hydrogen-bond acceptors (Lipinski definition) is 4. The predicted octanol–water partition coefficient (Wildman–Crippen LogP) is 4.69. The molecule has 178 valence electrons. The van der Waals surface area contributed by atoms with Gasteiger partial charge in [0.25, 0.3) is 5.91 Å². The molecule has 3 aromatic rings. The molecule has 0 saturated carbocycles. The van der Waals surface area contributed by atoms with Crippen LogP contribution in [0.3, 0.4) is 0 Å². The number of sulfone groups is 1. The fourth-order valence-corrected chi connectivity index (χ4v) is 5.81. The summed E-state index contributed by atoms with van der Waals surface area (Å²) in [7, 11) is -3.45. The Balaban J connectivity index is 1.20. The second-order valence-corrected chi connectivity index (χ2v) is 11.0. The topological polar surface area (TPSA) is 66.5 Å². The second kappa shape index (κ2) is 11.4. The van der Waals surface area contributed by atoms with Gasteiger partial charge in [-0.2, -0.15) is 0 Å². The number of hydrogen-bond donors (Lipinski definition) is 1. The lowest BCUT2D eigenvalue weighted by atomic mass is 9.93. The summed E-state index contributed by atoms with van der Waals surface area (Å²) in [5.41, 5.74) is 2.58. The van der Waals surface area contributed by atoms with Gasteiger partial charge in [-0.15, -0.1) is 0 Å². The van der Waals surface area contributed by atoms with Gasteiger partial charge in [-0.1, -0.05) is 60.7 Å². The molecule has 5 nitrogen and oxygen atoms in total. The van der Waals surface area contributed by atoms with Crippen molar-refractivity contribution in [3.63, 3.8) is 0 Å². The fourth-order valence-electron chi connectivity index (χ4n) is 4.46. The summed E-state index contributed by atoms with van der Waals surface area (Å²) in [5, 5.41) is 2.99. The molecular formula is C28H32N2O3S. The molecular weight excluding hydrogens is 444 g/mol. The quantitative estimate of drug-likeness (QED) is 0.486. The third-order valence-electron chi connectivity index (χ3n) is 6.47. The number of piperidine rings is 1. The Bertz CT molecular complexity index is 1160. The summed E-state index contributed by atoms with van der Waals surface area (Å²) in [6.07, 6.45) is 3.27. The number of benzene rings is 3. The van der Waals surface area contributed by atoms with Crippen LogP contribution in [0.2, 0.25) is 0 Å². The molecule has 3 aromatic carbocycles. The second-order valence-electron chi connectivity index (χ2n) is 9.02. The first-order valence-electron chi connectivity index (χ1n) is 11.9. The van der Waals surface area contributed by atoms with Gasteiger partial charge in [0.2, 0.25) is 0 Å². The maximum absolute atomic E-state index is 12.7. The lowest BCUT2D eigenvalue weighted by molar-refractivity contribution is 0.0947. The van der Waals surface area contributed by atoms with Crippen molar-refractivity contribution in [3.8, 4) is 0 Å². The minimum absolute atomic E-state index is 0.0520. The first-order chi connectivity index (χ1) is 16.5. The van der Waals surface area contributed by atoms with Crippen molar-refractivity contribution in [2.75, 3.05) is 19.6 Å². The summed E-state index contributed by atoms with van der Waals surface area (Å²) >= 11 is 0. The van der Waals surface area contributed by atoms with Crippen molar-refractivity contribution in [3.05, 3.63) is 102 Å². The molecule has 0 bridgehead atoms. The van der Waals surface area contributed by atoms with Gasteiger partial charge in [-0.3, -0.25) is 9.69 Å². The first kappa shape index (κ1) is 24.2. The standard InChI is InChI=1S/C28H32N2O3S/c31-28(26-11-13-27(14-12-26)34(32,33)22-25-9-5-2-6-10-25)29-18-15-23-16-19-30(20-17-23)21-24-7-3-1-4-8-24/h1-14,23H,15-22H2,(H,29,31). The van der Waals surface area contributed by atoms with E-state index >= 15 is 0 Å². The molecule has 1 saturated heterocycles. The maximum atomic E-state index is 12.7. The molecule has 1 fully saturated rings. The number of rotatable bonds is 9. The van der Waals surface area contributed by atoms with E-state index in [9.17, 15) is 13.2 Å². The third kappa shape index (κ3) is 6.78. The Kier molecular flexibility index (Phi) is 8.14. The smallest absolute Gasteiger partial charge is 0.251 e. The average Bonchev–Trinajstić information content (AvgIpc) is 2.86. The van der Waals surface area contributed by atoms with Gasteiger partial charge in [0.05, 0.1) is 10.6 Å². The van der Waals surface area contributed by atoms with Crippen LogP contribution in [0.5, 0.6) is 0 Å². The molecule has 4 rings (SSSR count). The molecule has 1 aliphatic heterocycles. The fraction of sp³-hybridized carbons (Fsp3) is 0.321. The highest BCUT2D eigenvalue weighted by Gasteiger charge is 2.20. The van der Waals surface area contributed by atoms with Gasteiger partial charge >= 0.3 is 0 Å². The van der Waals surface area contributed by atoms with Crippen LogP contribution in [0, 0.1) is 5.92 Å². The van der Waals surface area contributed by atoms with Crippen molar-refractivity contribution in [2.24, 2.45) is 5.92 Å². The number of nitrogens with one attached hydrogen (secondary N) is 1. The minimum atomic E-state index is -3.45. The zero-order valence-corrected chi connectivity index (χ0v) is 20.2. The summed E-state index contributed by atoms with van der Waals surface area (Å²) in [5.74, 6) is 0.412. The molecule has 1 aliphatic rings. The van der Waals surface area contributed by atoms with E-state index in [0.29, 0.717) is 18.0 Å². The van der Waals surface area contributed by atoms with Gasteiger partial charge in [-0.05, 0) is 73.7 Å². The normalized spacial score (nSPS) is 15.2. The van der Waals surface area contributed by atoms with E-state index in [1.807, 2.05) is 24.3 Å². The predicted molar refractivity (Wildman–Crippen MR) is 135 cm³/mol. The Morgan fingerprint density at radius 3 is 2.03 bits per heavy atom. The molecule has 0 atom stereocenters. The molecule has 0 unspecified atom stereocenters. The molecule has 1 heterocycles. The number of likely N-dealkylation sites (tertiary alicyclic amines) is 1. The van der Waals surface area contributed by atoms with E-state index in [-0.39, 0.29) is 16.6 Å². The lowest BCUT2D eigenvalue weighted by Gasteiger charge is -2.32. The number of carbonyl (C=O) groups excluding carboxylic acids is 1. The van der Waals surface area contributed by atoms with Crippen molar-refractivity contribution in [1.82, 2.24) is 10.2 Å². The van der Waals surface area contributed by atoms with Gasteiger partial charge in [0.1, 0.15) is 0 Å². The molecule has 1 amide bonds. The van der Waals surface area contributed by atoms with Gasteiger partial charge in [-0.25, -0.2) is 8.42 Å². The van der Waals surface area contributed by atoms with Gasteiger partial charge in [0, 0.05) is 18.7 Å². The highest BCUT2D eigenvalue weighted by atomic mass is 32.2. The summed E-state index contributed by atoms with van der Waals surface area (Å²) in [6, 6.07) is 25.9. The number of carbonyl (C=O) groups is 1. The molecule has 0 radical (unpaired) electrons. The largest absolute Gasteiger partial charge is 0.352 e. The molecule has 34 heavy (non-hydrogen) atoms. The van der Waals surface area contributed by atoms with E-state index in [1.54, 1.807) is 24.3 Å². The summed E-state index contributed by atoms with van der Waals surface area (Å²) in [4.78, 5) is 15.3. The maximum Gasteiger partial charge on any atom is 0.251 e. The summed E-state index contributed by atoms with van der Waals surface area (Å²) < 4.78 is 25.3. The third-order valence-corrected chi connectivity index (χ3v) is 8.17.